The van der Waals surface area contributed by atoms with Gasteiger partial charge in [-0.15, -0.1) is 0 Å². The molecule has 3 rings (SSSR count). The summed E-state index contributed by atoms with van der Waals surface area (Å²) in [5.74, 6) is 0.248. The summed E-state index contributed by atoms with van der Waals surface area (Å²) in [5.41, 5.74) is 5.55. The first-order chi connectivity index (χ1) is 17.5. The summed E-state index contributed by atoms with van der Waals surface area (Å²) in [6, 6.07) is 3.68. The fraction of sp³-hybridized carbons (Fsp3) is 0.500. The number of likely N-dealkylation sites (tertiary alicyclic amines) is 1. The van der Waals surface area contributed by atoms with Crippen LogP contribution in [0.15, 0.2) is 24.4 Å². The fourth-order valence-corrected chi connectivity index (χ4v) is 4.54. The molecule has 1 aliphatic heterocycles. The van der Waals surface area contributed by atoms with Crippen molar-refractivity contribution in [2.75, 3.05) is 51.4 Å². The maximum Gasteiger partial charge on any atom is 0.417 e. The number of nitrogens with one attached hydrogen (secondary N) is 2. The van der Waals surface area contributed by atoms with Crippen LogP contribution in [0.4, 0.5) is 24.7 Å². The molecule has 0 saturated carbocycles. The number of nitrogens with zero attached hydrogens (tertiary/aromatic N) is 2. The van der Waals surface area contributed by atoms with Gasteiger partial charge in [0.15, 0.2) is 0 Å². The van der Waals surface area contributed by atoms with Crippen LogP contribution in [-0.2, 0) is 10.9 Å². The molecule has 0 radical (unpaired) electrons. The average molecular weight is 564 g/mol. The maximum absolute atomic E-state index is 12.9. The van der Waals surface area contributed by atoms with Crippen LogP contribution in [0.3, 0.4) is 0 Å². The number of hydrogen-bond acceptors (Lipinski definition) is 7. The van der Waals surface area contributed by atoms with Gasteiger partial charge in [-0.2, -0.15) is 13.2 Å². The van der Waals surface area contributed by atoms with Gasteiger partial charge in [0.25, 0.3) is 5.91 Å². The van der Waals surface area contributed by atoms with Gasteiger partial charge in [-0.25, -0.2) is 4.98 Å². The van der Waals surface area contributed by atoms with Gasteiger partial charge in [-0.3, -0.25) is 4.79 Å². The molecular formula is C24H30Cl2F3N5O3. The molecule has 1 aromatic heterocycles. The monoisotopic (exact) mass is 563 g/mol. The maximum atomic E-state index is 12.9. The minimum atomic E-state index is -4.48. The number of aromatic nitrogens is 1. The van der Waals surface area contributed by atoms with Crippen molar-refractivity contribution in [3.05, 3.63) is 45.6 Å². The van der Waals surface area contributed by atoms with E-state index < -0.39 is 11.7 Å². The molecular weight excluding hydrogens is 534 g/mol. The van der Waals surface area contributed by atoms with E-state index >= 15 is 0 Å². The van der Waals surface area contributed by atoms with Gasteiger partial charge < -0.3 is 30.7 Å². The second-order valence-electron chi connectivity index (χ2n) is 8.70. The van der Waals surface area contributed by atoms with Crippen LogP contribution in [0.25, 0.3) is 0 Å². The molecule has 13 heteroatoms. The topological polar surface area (TPSA) is 102 Å². The lowest BCUT2D eigenvalue weighted by atomic mass is 10.0. The van der Waals surface area contributed by atoms with E-state index in [0.717, 1.165) is 38.2 Å². The predicted molar refractivity (Wildman–Crippen MR) is 137 cm³/mol. The van der Waals surface area contributed by atoms with Crippen molar-refractivity contribution in [3.8, 4) is 5.75 Å². The van der Waals surface area contributed by atoms with Crippen LogP contribution < -0.4 is 21.1 Å². The Morgan fingerprint density at radius 2 is 1.97 bits per heavy atom. The van der Waals surface area contributed by atoms with Gasteiger partial charge in [-0.1, -0.05) is 23.2 Å². The molecule has 0 bridgehead atoms. The molecule has 2 atom stereocenters. The SMILES string of the molecule is COc1cc(N)c(Cl)cc1C(=O)N[C@H]1CCN(CCCCNc2ncc(C(F)(F)F)cc2Cl)C[C@H]1OC. The zero-order valence-corrected chi connectivity index (χ0v) is 22.0. The van der Waals surface area contributed by atoms with Crippen LogP contribution in [0.1, 0.15) is 35.2 Å². The van der Waals surface area contributed by atoms with Gasteiger partial charge >= 0.3 is 6.18 Å². The second-order valence-corrected chi connectivity index (χ2v) is 9.52. The normalized spacial score (nSPS) is 18.5. The Morgan fingerprint density at radius 1 is 1.22 bits per heavy atom. The van der Waals surface area contributed by atoms with E-state index in [0.29, 0.717) is 36.5 Å². The molecule has 1 amide bonds. The minimum Gasteiger partial charge on any atom is -0.496 e. The first kappa shape index (κ1) is 29.1. The van der Waals surface area contributed by atoms with Crippen LogP contribution in [0, 0.1) is 0 Å². The summed E-state index contributed by atoms with van der Waals surface area (Å²) in [6.45, 7) is 2.73. The van der Waals surface area contributed by atoms with Crippen molar-refractivity contribution in [2.24, 2.45) is 0 Å². The Bertz CT molecular complexity index is 1090. The third kappa shape index (κ3) is 7.76. The number of nitrogen functional groups attached to an aromatic ring is 1. The summed E-state index contributed by atoms with van der Waals surface area (Å²) < 4.78 is 49.1. The summed E-state index contributed by atoms with van der Waals surface area (Å²) in [4.78, 5) is 18.9. The van der Waals surface area contributed by atoms with E-state index in [2.05, 4.69) is 20.5 Å². The third-order valence-electron chi connectivity index (χ3n) is 6.19. The summed E-state index contributed by atoms with van der Waals surface area (Å²) in [6.07, 6.45) is -1.62. The van der Waals surface area contributed by atoms with E-state index in [9.17, 15) is 18.0 Å². The van der Waals surface area contributed by atoms with Crippen LogP contribution in [-0.4, -0.2) is 68.3 Å². The quantitative estimate of drug-likeness (QED) is 0.284. The number of ether oxygens (including phenoxy) is 2. The number of alkyl halides is 3. The Balaban J connectivity index is 1.44. The predicted octanol–water partition coefficient (Wildman–Crippen LogP) is 4.71. The zero-order valence-electron chi connectivity index (χ0n) is 20.5. The Labute approximate surface area is 223 Å². The van der Waals surface area contributed by atoms with Crippen molar-refractivity contribution in [1.82, 2.24) is 15.2 Å². The van der Waals surface area contributed by atoms with Crippen molar-refractivity contribution < 1.29 is 27.4 Å². The lowest BCUT2D eigenvalue weighted by molar-refractivity contribution is -0.137. The number of carbonyl (C=O) groups is 1. The van der Waals surface area contributed by atoms with Gasteiger partial charge in [-0.05, 0) is 37.9 Å². The number of amides is 1. The summed E-state index contributed by atoms with van der Waals surface area (Å²) in [7, 11) is 3.07. The molecule has 8 nitrogen and oxygen atoms in total. The van der Waals surface area contributed by atoms with Gasteiger partial charge in [0.1, 0.15) is 11.6 Å². The molecule has 37 heavy (non-hydrogen) atoms. The molecule has 204 valence electrons. The average Bonchev–Trinajstić information content (AvgIpc) is 2.86. The number of piperidine rings is 1. The van der Waals surface area contributed by atoms with E-state index in [1.165, 1.54) is 19.2 Å². The number of methoxy groups -OCH3 is 2. The van der Waals surface area contributed by atoms with Crippen molar-refractivity contribution >= 4 is 40.6 Å². The van der Waals surface area contributed by atoms with Gasteiger partial charge in [0.05, 0.1) is 46.1 Å². The van der Waals surface area contributed by atoms with Crippen LogP contribution >= 0.6 is 23.2 Å². The van der Waals surface area contributed by atoms with E-state index in [-0.39, 0.29) is 33.9 Å². The molecule has 1 aliphatic rings. The number of pyridine rings is 1. The second kappa shape index (κ2) is 12.9. The molecule has 0 unspecified atom stereocenters. The highest BCUT2D eigenvalue weighted by Crippen LogP contribution is 2.32. The van der Waals surface area contributed by atoms with Crippen molar-refractivity contribution in [1.29, 1.82) is 0 Å². The van der Waals surface area contributed by atoms with E-state index in [1.807, 2.05) is 0 Å². The number of carbonyl (C=O) groups excluding carboxylic acids is 1. The van der Waals surface area contributed by atoms with Gasteiger partial charge in [0, 0.05) is 39.0 Å². The first-order valence-electron chi connectivity index (χ1n) is 11.7. The van der Waals surface area contributed by atoms with Gasteiger partial charge in [0.2, 0.25) is 0 Å². The number of halogens is 5. The zero-order chi connectivity index (χ0) is 27.2. The number of rotatable bonds is 10. The Kier molecular flexibility index (Phi) is 10.1. The minimum absolute atomic E-state index is 0.0688. The molecule has 0 spiro atoms. The van der Waals surface area contributed by atoms with Crippen molar-refractivity contribution in [3.63, 3.8) is 0 Å². The van der Waals surface area contributed by atoms with Crippen molar-refractivity contribution in [2.45, 2.75) is 37.6 Å². The highest BCUT2D eigenvalue weighted by atomic mass is 35.5. The molecule has 1 aromatic carbocycles. The lowest BCUT2D eigenvalue weighted by Crippen LogP contribution is -2.54. The Morgan fingerprint density at radius 3 is 2.62 bits per heavy atom. The molecule has 1 fully saturated rings. The standard InChI is InChI=1S/C24H30Cl2F3N5O3/c1-36-20-11-18(30)16(25)10-15(20)23(35)33-19-5-8-34(13-21(19)37-2)7-4-3-6-31-22-17(26)9-14(12-32-22)24(27,28)29/h9-12,19,21H,3-8,13,30H2,1-2H3,(H,31,32)(H,33,35)/t19-,21+/m0/s1. The third-order valence-corrected chi connectivity index (χ3v) is 6.80. The number of hydrogen-bond donors (Lipinski definition) is 3. The fourth-order valence-electron chi connectivity index (χ4n) is 4.14. The molecule has 4 N–H and O–H groups in total. The Hall–Kier alpha value is -2.47. The lowest BCUT2D eigenvalue weighted by Gasteiger charge is -2.38. The van der Waals surface area contributed by atoms with Crippen LogP contribution in [0.5, 0.6) is 5.75 Å². The number of nitrogens with two attached hydrogens (primary N) is 1. The smallest absolute Gasteiger partial charge is 0.417 e. The highest BCUT2D eigenvalue weighted by Gasteiger charge is 2.32. The molecule has 1 saturated heterocycles. The first-order valence-corrected chi connectivity index (χ1v) is 12.4. The van der Waals surface area contributed by atoms with Crippen LogP contribution in [0.2, 0.25) is 10.0 Å². The van der Waals surface area contributed by atoms with E-state index in [1.54, 1.807) is 7.11 Å². The number of benzene rings is 1. The summed E-state index contributed by atoms with van der Waals surface area (Å²) >= 11 is 12.0. The molecule has 0 aliphatic carbocycles. The molecule has 2 aromatic rings. The number of unbranched alkanes of at least 4 members (excludes halogenated alkanes) is 1. The molecule has 2 heterocycles. The summed E-state index contributed by atoms with van der Waals surface area (Å²) in [5, 5.41) is 6.21. The largest absolute Gasteiger partial charge is 0.496 e. The highest BCUT2D eigenvalue weighted by molar-refractivity contribution is 6.33. The van der Waals surface area contributed by atoms with E-state index in [4.69, 9.17) is 38.4 Å². The number of anilines is 2.